The SMILES string of the molecule is C=CC(=O)N1CCN(c2c(C#N)c(=O)n3c4c(c(-c5c(C)ccc6c5C(=O)NC6)c(Cl)cc24)OCC3CN2CCC2)[C@@H](C)C1. The average molecular weight is 613 g/mol. The standard InChI is InChI=1S/C33H33ClN6O4/c1-4-25(41)38-10-11-39(19(3)15-38)29-22-12-24(34)28(26-18(2)6-7-20-14-36-32(42)27(20)26)31-30(22)40(33(43)23(29)13-35)21(17-44-31)16-37-8-5-9-37/h4,6-7,12,19,21H,1,5,8-11,14-17H2,2-3H3,(H,36,42)/t19-,21?/m0/s1. The predicted molar refractivity (Wildman–Crippen MR) is 168 cm³/mol. The molecule has 2 aromatic carbocycles. The van der Waals surface area contributed by atoms with E-state index < -0.39 is 0 Å². The Hall–Kier alpha value is -4.33. The van der Waals surface area contributed by atoms with Gasteiger partial charge in [0.15, 0.2) is 5.75 Å². The molecule has 1 N–H and O–H groups in total. The van der Waals surface area contributed by atoms with E-state index in [1.54, 1.807) is 9.47 Å². The Bertz CT molecular complexity index is 1870. The van der Waals surface area contributed by atoms with Crippen molar-refractivity contribution in [2.24, 2.45) is 0 Å². The largest absolute Gasteiger partial charge is 0.488 e. The van der Waals surface area contributed by atoms with Gasteiger partial charge in [0, 0.05) is 55.3 Å². The summed E-state index contributed by atoms with van der Waals surface area (Å²) in [6.45, 7) is 12.0. The quantitative estimate of drug-likeness (QED) is 0.438. The smallest absolute Gasteiger partial charge is 0.271 e. The van der Waals surface area contributed by atoms with Gasteiger partial charge in [-0.2, -0.15) is 5.26 Å². The number of nitrogens with zero attached hydrogens (tertiary/aromatic N) is 5. The topological polar surface area (TPSA) is 111 Å². The highest BCUT2D eigenvalue weighted by atomic mass is 35.5. The third-order valence-corrected chi connectivity index (χ3v) is 9.80. The number of nitriles is 1. The number of pyridine rings is 1. The number of carbonyl (C=O) groups is 2. The summed E-state index contributed by atoms with van der Waals surface area (Å²) in [7, 11) is 0. The monoisotopic (exact) mass is 612 g/mol. The lowest BCUT2D eigenvalue weighted by molar-refractivity contribution is -0.126. The minimum Gasteiger partial charge on any atom is -0.488 e. The van der Waals surface area contributed by atoms with E-state index in [1.807, 2.05) is 36.9 Å². The zero-order valence-electron chi connectivity index (χ0n) is 24.8. The van der Waals surface area contributed by atoms with Gasteiger partial charge in [0.1, 0.15) is 18.2 Å². The summed E-state index contributed by atoms with van der Waals surface area (Å²) in [5.41, 5.74) is 4.32. The molecule has 1 unspecified atom stereocenters. The Labute approximate surface area is 260 Å². The van der Waals surface area contributed by atoms with Gasteiger partial charge in [-0.25, -0.2) is 0 Å². The van der Waals surface area contributed by atoms with Crippen molar-refractivity contribution < 1.29 is 14.3 Å². The fraction of sp³-hybridized carbons (Fsp3) is 0.394. The summed E-state index contributed by atoms with van der Waals surface area (Å²) in [6.07, 6.45) is 2.41. The maximum absolute atomic E-state index is 14.4. The molecule has 0 spiro atoms. The van der Waals surface area contributed by atoms with Crippen LogP contribution in [0.25, 0.3) is 22.0 Å². The van der Waals surface area contributed by atoms with E-state index in [0.29, 0.717) is 76.8 Å². The second-order valence-electron chi connectivity index (χ2n) is 12.1. The Kier molecular flexibility index (Phi) is 6.91. The molecule has 226 valence electrons. The van der Waals surface area contributed by atoms with Crippen LogP contribution in [0.5, 0.6) is 5.75 Å². The lowest BCUT2D eigenvalue weighted by Crippen LogP contribution is -2.54. The number of halogens is 1. The van der Waals surface area contributed by atoms with Crippen LogP contribution in [0.15, 0.2) is 35.6 Å². The normalized spacial score (nSPS) is 20.9. The molecule has 2 saturated heterocycles. The molecular formula is C33H33ClN6O4. The first-order chi connectivity index (χ1) is 21.2. The molecule has 0 aliphatic carbocycles. The van der Waals surface area contributed by atoms with E-state index in [4.69, 9.17) is 16.3 Å². The van der Waals surface area contributed by atoms with Crippen molar-refractivity contribution in [2.45, 2.75) is 38.9 Å². The number of anilines is 1. The number of aryl methyl sites for hydroxylation is 1. The summed E-state index contributed by atoms with van der Waals surface area (Å²) in [6, 6.07) is 7.47. The van der Waals surface area contributed by atoms with Gasteiger partial charge in [0.2, 0.25) is 5.91 Å². The van der Waals surface area contributed by atoms with Crippen LogP contribution in [0.2, 0.25) is 5.02 Å². The van der Waals surface area contributed by atoms with Crippen molar-refractivity contribution in [3.05, 3.63) is 68.5 Å². The molecule has 0 radical (unpaired) electrons. The van der Waals surface area contributed by atoms with Crippen molar-refractivity contribution in [1.82, 2.24) is 19.7 Å². The predicted octanol–water partition coefficient (Wildman–Crippen LogP) is 3.61. The number of piperazine rings is 1. The molecule has 44 heavy (non-hydrogen) atoms. The lowest BCUT2D eigenvalue weighted by Gasteiger charge is -2.42. The van der Waals surface area contributed by atoms with Gasteiger partial charge >= 0.3 is 0 Å². The van der Waals surface area contributed by atoms with Gasteiger partial charge in [-0.15, -0.1) is 0 Å². The van der Waals surface area contributed by atoms with Gasteiger partial charge in [-0.1, -0.05) is 30.3 Å². The molecule has 5 heterocycles. The second-order valence-corrected chi connectivity index (χ2v) is 12.5. The second kappa shape index (κ2) is 10.7. The number of amides is 2. The molecule has 7 rings (SSSR count). The number of likely N-dealkylation sites (tertiary alicyclic amines) is 1. The first-order valence-electron chi connectivity index (χ1n) is 15.0. The van der Waals surface area contributed by atoms with Crippen molar-refractivity contribution >= 4 is 40.0 Å². The van der Waals surface area contributed by atoms with E-state index in [1.165, 1.54) is 6.08 Å². The molecular weight excluding hydrogens is 580 g/mol. The summed E-state index contributed by atoms with van der Waals surface area (Å²) >= 11 is 7.17. The molecule has 10 nitrogen and oxygen atoms in total. The third kappa shape index (κ3) is 4.21. The van der Waals surface area contributed by atoms with Gasteiger partial charge in [-0.3, -0.25) is 19.0 Å². The van der Waals surface area contributed by atoms with Crippen LogP contribution in [0.3, 0.4) is 0 Å². The maximum Gasteiger partial charge on any atom is 0.271 e. The Morgan fingerprint density at radius 3 is 2.68 bits per heavy atom. The molecule has 4 aliphatic rings. The number of ether oxygens (including phenoxy) is 1. The molecule has 0 saturated carbocycles. The van der Waals surface area contributed by atoms with Crippen molar-refractivity contribution in [1.29, 1.82) is 5.26 Å². The van der Waals surface area contributed by atoms with Gasteiger partial charge in [-0.05, 0) is 56.6 Å². The van der Waals surface area contributed by atoms with Crippen LogP contribution in [-0.2, 0) is 11.3 Å². The Balaban J connectivity index is 1.51. The molecule has 2 atom stereocenters. The lowest BCUT2D eigenvalue weighted by atomic mass is 9.89. The van der Waals surface area contributed by atoms with Crippen LogP contribution in [0.1, 0.15) is 46.4 Å². The molecule has 1 aromatic heterocycles. The van der Waals surface area contributed by atoms with Crippen molar-refractivity contribution in [3.8, 4) is 22.9 Å². The average Bonchev–Trinajstić information content (AvgIpc) is 3.37. The highest BCUT2D eigenvalue weighted by molar-refractivity contribution is 6.35. The summed E-state index contributed by atoms with van der Waals surface area (Å²) < 4.78 is 8.32. The number of hydrogen-bond donors (Lipinski definition) is 1. The zero-order valence-corrected chi connectivity index (χ0v) is 25.5. The highest BCUT2D eigenvalue weighted by Crippen LogP contribution is 2.50. The molecule has 4 aliphatic heterocycles. The Morgan fingerprint density at radius 1 is 1.20 bits per heavy atom. The number of fused-ring (bicyclic) bond motifs is 1. The number of carbonyl (C=O) groups excluding carboxylic acids is 2. The third-order valence-electron chi connectivity index (χ3n) is 9.50. The number of rotatable bonds is 5. The van der Waals surface area contributed by atoms with E-state index in [-0.39, 0.29) is 41.6 Å². The number of aromatic nitrogens is 1. The summed E-state index contributed by atoms with van der Waals surface area (Å²) in [5.74, 6) is 0.116. The fourth-order valence-corrected chi connectivity index (χ4v) is 7.52. The van der Waals surface area contributed by atoms with Gasteiger partial charge < -0.3 is 24.8 Å². The fourth-order valence-electron chi connectivity index (χ4n) is 7.23. The summed E-state index contributed by atoms with van der Waals surface area (Å²) in [5, 5.41) is 14.4. The van der Waals surface area contributed by atoms with E-state index >= 15 is 0 Å². The van der Waals surface area contributed by atoms with Crippen LogP contribution in [-0.4, -0.2) is 78.1 Å². The van der Waals surface area contributed by atoms with Crippen LogP contribution in [0, 0.1) is 18.3 Å². The minimum atomic E-state index is -0.372. The maximum atomic E-state index is 14.4. The zero-order chi connectivity index (χ0) is 30.9. The van der Waals surface area contributed by atoms with E-state index in [0.717, 1.165) is 30.6 Å². The number of hydrogen-bond acceptors (Lipinski definition) is 7. The van der Waals surface area contributed by atoms with E-state index in [2.05, 4.69) is 22.9 Å². The van der Waals surface area contributed by atoms with Gasteiger partial charge in [0.25, 0.3) is 11.5 Å². The van der Waals surface area contributed by atoms with Gasteiger partial charge in [0.05, 0.1) is 27.8 Å². The molecule has 0 bridgehead atoms. The van der Waals surface area contributed by atoms with Crippen LogP contribution in [0.4, 0.5) is 5.69 Å². The molecule has 11 heteroatoms. The Morgan fingerprint density at radius 2 is 2.00 bits per heavy atom. The van der Waals surface area contributed by atoms with E-state index in [9.17, 15) is 19.6 Å². The molecule has 2 amide bonds. The first-order valence-corrected chi connectivity index (χ1v) is 15.4. The molecule has 2 fully saturated rings. The first kappa shape index (κ1) is 28.4. The van der Waals surface area contributed by atoms with Crippen LogP contribution >= 0.6 is 11.6 Å². The molecule has 3 aromatic rings. The number of benzene rings is 2. The number of nitrogens with one attached hydrogen (secondary N) is 1. The minimum absolute atomic E-state index is 0.0503. The summed E-state index contributed by atoms with van der Waals surface area (Å²) in [4.78, 5) is 45.9. The van der Waals surface area contributed by atoms with Crippen molar-refractivity contribution in [2.75, 3.05) is 50.8 Å². The van der Waals surface area contributed by atoms with Crippen molar-refractivity contribution in [3.63, 3.8) is 0 Å². The highest BCUT2D eigenvalue weighted by Gasteiger charge is 2.38. The van der Waals surface area contributed by atoms with Crippen LogP contribution < -0.4 is 20.5 Å².